The van der Waals surface area contributed by atoms with Crippen LogP contribution in [0.25, 0.3) is 0 Å². The van der Waals surface area contributed by atoms with Crippen LogP contribution in [0.5, 0.6) is 17.2 Å². The molecule has 2 rings (SSSR count). The van der Waals surface area contributed by atoms with E-state index in [2.05, 4.69) is 6.92 Å². The van der Waals surface area contributed by atoms with Crippen LogP contribution < -0.4 is 61.2 Å². The van der Waals surface area contributed by atoms with Crippen molar-refractivity contribution in [2.75, 3.05) is 0 Å². The Kier molecular flexibility index (Phi) is 15.0. The minimum Gasteiger partial charge on any atom is -0.870 e. The first-order valence-electron chi connectivity index (χ1n) is 11.5. The second-order valence-electron chi connectivity index (χ2n) is 8.06. The van der Waals surface area contributed by atoms with Crippen molar-refractivity contribution in [1.29, 1.82) is 0 Å². The molecule has 32 heavy (non-hydrogen) atoms. The van der Waals surface area contributed by atoms with Crippen LogP contribution in [0.15, 0.2) is 47.4 Å². The Labute approximate surface area is 236 Å². The summed E-state index contributed by atoms with van der Waals surface area (Å²) in [6, 6.07) is 11.3. The van der Waals surface area contributed by atoms with E-state index >= 15 is 0 Å². The number of hydrogen-bond acceptors (Lipinski definition) is 4. The van der Waals surface area contributed by atoms with Crippen molar-refractivity contribution in [3.8, 4) is 17.2 Å². The fourth-order valence-corrected chi connectivity index (χ4v) is 4.63. The van der Waals surface area contributed by atoms with E-state index < -0.39 is 20.8 Å². The van der Waals surface area contributed by atoms with Crippen LogP contribution in [-0.2, 0) is 16.5 Å². The third-order valence-electron chi connectivity index (χ3n) is 5.43. The van der Waals surface area contributed by atoms with Crippen LogP contribution in [0.2, 0.25) is 0 Å². The summed E-state index contributed by atoms with van der Waals surface area (Å²) in [6.07, 6.45) is 13.6. The minimum absolute atomic E-state index is 0. The van der Waals surface area contributed by atoms with E-state index in [1.165, 1.54) is 63.5 Å². The molecular weight excluding hydrogens is 451 g/mol. The van der Waals surface area contributed by atoms with Crippen molar-refractivity contribution in [3.05, 3.63) is 48.0 Å². The van der Waals surface area contributed by atoms with Gasteiger partial charge < -0.3 is 9.84 Å². The van der Waals surface area contributed by atoms with Crippen molar-refractivity contribution in [3.63, 3.8) is 0 Å². The fraction of sp³-hybridized carbons (Fsp3) is 0.520. The van der Waals surface area contributed by atoms with E-state index in [4.69, 9.17) is 4.74 Å². The van der Waals surface area contributed by atoms with Crippen LogP contribution in [-0.4, -0.2) is 13.0 Å². The largest absolute Gasteiger partial charge is 1.00 e. The molecule has 0 radical (unpaired) electrons. The van der Waals surface area contributed by atoms with Gasteiger partial charge in [0.25, 0.3) is 10.1 Å². The van der Waals surface area contributed by atoms with Gasteiger partial charge in [-0.05, 0) is 30.5 Å². The fourth-order valence-electron chi connectivity index (χ4n) is 3.75. The molecule has 172 valence electrons. The average molecular weight is 487 g/mol. The van der Waals surface area contributed by atoms with Crippen LogP contribution >= 0.6 is 0 Å². The van der Waals surface area contributed by atoms with Gasteiger partial charge in [-0.2, -0.15) is 8.42 Å². The molecular formula is C25H35KO5S. The molecule has 0 fully saturated rings. The van der Waals surface area contributed by atoms with Gasteiger partial charge >= 0.3 is 51.4 Å². The molecule has 0 aliphatic rings. The van der Waals surface area contributed by atoms with E-state index in [9.17, 15) is 18.1 Å². The molecule has 0 saturated carbocycles. The number of benzene rings is 2. The van der Waals surface area contributed by atoms with Crippen LogP contribution in [0, 0.1) is 0 Å². The van der Waals surface area contributed by atoms with Gasteiger partial charge in [0.2, 0.25) is 0 Å². The van der Waals surface area contributed by atoms with Gasteiger partial charge in [0.1, 0.15) is 16.4 Å². The summed E-state index contributed by atoms with van der Waals surface area (Å²) in [6.45, 7) is 2.23. The zero-order chi connectivity index (χ0) is 22.5. The van der Waals surface area contributed by atoms with Gasteiger partial charge in [-0.1, -0.05) is 107 Å². The molecule has 0 atom stereocenters. The maximum Gasteiger partial charge on any atom is 1.00 e. The van der Waals surface area contributed by atoms with Gasteiger partial charge in [0.05, 0.1) is 0 Å². The molecule has 0 aliphatic heterocycles. The second kappa shape index (κ2) is 16.3. The van der Waals surface area contributed by atoms with Crippen molar-refractivity contribution in [2.24, 2.45) is 0 Å². The first-order valence-corrected chi connectivity index (χ1v) is 12.9. The molecule has 0 aromatic heterocycles. The van der Waals surface area contributed by atoms with E-state index in [0.717, 1.165) is 19.3 Å². The molecule has 2 aromatic rings. The normalized spacial score (nSPS) is 11.2. The predicted molar refractivity (Wildman–Crippen MR) is 122 cm³/mol. The molecule has 0 spiro atoms. The topological polar surface area (TPSA) is 86.7 Å². The van der Waals surface area contributed by atoms with Crippen LogP contribution in [0.4, 0.5) is 0 Å². The van der Waals surface area contributed by atoms with Crippen molar-refractivity contribution in [2.45, 2.75) is 88.9 Å². The number of rotatable bonds is 15. The zero-order valence-electron chi connectivity index (χ0n) is 19.5. The van der Waals surface area contributed by atoms with Crippen molar-refractivity contribution >= 4 is 10.1 Å². The number of ether oxygens (including phenoxy) is 1. The predicted octanol–water partition coefficient (Wildman–Crippen LogP) is 3.66. The molecule has 1 N–H and O–H groups in total. The van der Waals surface area contributed by atoms with Crippen LogP contribution in [0.1, 0.15) is 83.1 Å². The molecule has 0 saturated heterocycles. The maximum atomic E-state index is 12.3. The number of aryl methyl sites for hydroxylation is 1. The Morgan fingerprint density at radius 2 is 1.34 bits per heavy atom. The summed E-state index contributed by atoms with van der Waals surface area (Å²) in [5.41, 5.74) is 0.420. The smallest absolute Gasteiger partial charge is 0.870 e. The molecule has 5 nitrogen and oxygen atoms in total. The van der Waals surface area contributed by atoms with Gasteiger partial charge in [-0.3, -0.25) is 4.55 Å². The molecule has 0 heterocycles. The Balaban J connectivity index is 0.00000512. The third-order valence-corrected chi connectivity index (χ3v) is 6.39. The summed E-state index contributed by atoms with van der Waals surface area (Å²) in [7, 11) is -4.60. The summed E-state index contributed by atoms with van der Waals surface area (Å²) < 4.78 is 39.5. The third kappa shape index (κ3) is 10.7. The first-order chi connectivity index (χ1) is 14.9. The molecule has 0 bridgehead atoms. The molecule has 0 unspecified atom stereocenters. The van der Waals surface area contributed by atoms with Gasteiger partial charge in [0.15, 0.2) is 0 Å². The summed E-state index contributed by atoms with van der Waals surface area (Å²) in [5, 5.41) is 12.3. The van der Waals surface area contributed by atoms with Gasteiger partial charge in [-0.15, -0.1) is 0 Å². The van der Waals surface area contributed by atoms with E-state index in [0.29, 0.717) is 17.7 Å². The minimum atomic E-state index is -4.60. The summed E-state index contributed by atoms with van der Waals surface area (Å²) in [5.74, 6) is -0.565. The van der Waals surface area contributed by atoms with E-state index in [1.54, 1.807) is 30.3 Å². The Bertz CT molecular complexity index is 885. The Morgan fingerprint density at radius 3 is 1.88 bits per heavy atom. The SMILES string of the molecule is CCCCCCCCCCCCCc1ccc([O-])c(Oc2ccccc2)c1S(=O)(=O)O.[K+]. The van der Waals surface area contributed by atoms with E-state index in [-0.39, 0.29) is 57.1 Å². The molecule has 7 heteroatoms. The van der Waals surface area contributed by atoms with Gasteiger partial charge in [0, 0.05) is 0 Å². The summed E-state index contributed by atoms with van der Waals surface area (Å²) >= 11 is 0. The number of hydrogen-bond donors (Lipinski definition) is 1. The maximum absolute atomic E-state index is 12.3. The van der Waals surface area contributed by atoms with Gasteiger partial charge in [-0.25, -0.2) is 0 Å². The monoisotopic (exact) mass is 486 g/mol. The molecule has 0 amide bonds. The molecule has 2 aromatic carbocycles. The number of unbranched alkanes of at least 4 members (excludes halogenated alkanes) is 10. The van der Waals surface area contributed by atoms with E-state index in [1.807, 2.05) is 0 Å². The van der Waals surface area contributed by atoms with Crippen molar-refractivity contribution in [1.82, 2.24) is 0 Å². The first kappa shape index (κ1) is 29.6. The van der Waals surface area contributed by atoms with Crippen LogP contribution in [0.3, 0.4) is 0 Å². The Morgan fingerprint density at radius 1 is 0.812 bits per heavy atom. The average Bonchev–Trinajstić information content (AvgIpc) is 2.74. The van der Waals surface area contributed by atoms with Crippen molar-refractivity contribution < 1.29 is 74.2 Å². The molecule has 0 aliphatic carbocycles. The zero-order valence-corrected chi connectivity index (χ0v) is 23.5. The standard InChI is InChI=1S/C25H36O5S.K/c1-2-3-4-5-6-7-8-9-10-11-13-16-21-19-20-23(26)24(25(21)31(27,28)29)30-22-17-14-12-15-18-22;/h12,14-15,17-20,26H,2-11,13,16H2,1H3,(H,27,28,29);/q;+1/p-1. The second-order valence-corrected chi connectivity index (χ2v) is 9.42. The number of para-hydroxylation sites is 1. The summed E-state index contributed by atoms with van der Waals surface area (Å²) in [4.78, 5) is -0.407. The Hall–Kier alpha value is -0.414. The quantitative estimate of drug-likeness (QED) is 0.236.